The first-order valence-electron chi connectivity index (χ1n) is 4.40. The average Bonchev–Trinajstić information content (AvgIpc) is 2.39. The summed E-state index contributed by atoms with van der Waals surface area (Å²) in [5, 5.41) is 17.6. The van der Waals surface area contributed by atoms with Crippen LogP contribution in [0.1, 0.15) is 12.8 Å². The molecular weight excluding hydrogens is 222 g/mol. The molecule has 1 rings (SSSR count). The fraction of sp³-hybridized carbons (Fsp3) is 1.00. The molecule has 0 aliphatic carbocycles. The van der Waals surface area contributed by atoms with Crippen LogP contribution in [0.3, 0.4) is 0 Å². The third-order valence-electron chi connectivity index (χ3n) is 2.66. The Kier molecular flexibility index (Phi) is 6.09. The molecule has 0 bridgehead atoms. The lowest BCUT2D eigenvalue weighted by Crippen LogP contribution is -3.00. The highest BCUT2D eigenvalue weighted by atomic mass is 79.9. The summed E-state index contributed by atoms with van der Waals surface area (Å²) in [7, 11) is 0. The van der Waals surface area contributed by atoms with Gasteiger partial charge in [0.1, 0.15) is 13.1 Å². The zero-order valence-electron chi connectivity index (χ0n) is 7.38. The molecular formula is C8H18BrNO2. The minimum Gasteiger partial charge on any atom is -1.00 e. The van der Waals surface area contributed by atoms with Gasteiger partial charge in [-0.1, -0.05) is 0 Å². The molecule has 0 spiro atoms. The van der Waals surface area contributed by atoms with Crippen molar-refractivity contribution >= 4 is 0 Å². The van der Waals surface area contributed by atoms with Crippen LogP contribution in [-0.4, -0.2) is 54.1 Å². The molecule has 1 aliphatic heterocycles. The summed E-state index contributed by atoms with van der Waals surface area (Å²) < 4.78 is 0.938. The van der Waals surface area contributed by atoms with Crippen LogP contribution < -0.4 is 17.0 Å². The van der Waals surface area contributed by atoms with Crippen molar-refractivity contribution in [3.05, 3.63) is 0 Å². The fourth-order valence-electron chi connectivity index (χ4n) is 1.99. The van der Waals surface area contributed by atoms with E-state index in [9.17, 15) is 0 Å². The molecule has 1 fully saturated rings. The summed E-state index contributed by atoms with van der Waals surface area (Å²) >= 11 is 0. The number of quaternary nitrogens is 1. The first-order valence-corrected chi connectivity index (χ1v) is 4.40. The number of nitrogens with zero attached hydrogens (tertiary/aromatic N) is 1. The van der Waals surface area contributed by atoms with Crippen LogP contribution in [-0.2, 0) is 0 Å². The SMILES string of the molecule is OCC[N+]1(CCO)CCCC1.[Br-]. The van der Waals surface area contributed by atoms with Gasteiger partial charge < -0.3 is 31.7 Å². The summed E-state index contributed by atoms with van der Waals surface area (Å²) in [6, 6.07) is 0. The van der Waals surface area contributed by atoms with E-state index >= 15 is 0 Å². The third-order valence-corrected chi connectivity index (χ3v) is 2.66. The van der Waals surface area contributed by atoms with E-state index in [4.69, 9.17) is 10.2 Å². The molecule has 74 valence electrons. The van der Waals surface area contributed by atoms with Crippen molar-refractivity contribution in [3.8, 4) is 0 Å². The van der Waals surface area contributed by atoms with Gasteiger partial charge in [0.25, 0.3) is 0 Å². The van der Waals surface area contributed by atoms with Crippen molar-refractivity contribution < 1.29 is 31.7 Å². The van der Waals surface area contributed by atoms with Crippen molar-refractivity contribution in [2.24, 2.45) is 0 Å². The first kappa shape index (κ1) is 12.4. The van der Waals surface area contributed by atoms with Gasteiger partial charge in [0, 0.05) is 12.8 Å². The maximum absolute atomic E-state index is 8.82. The molecule has 1 saturated heterocycles. The number of rotatable bonds is 4. The Morgan fingerprint density at radius 2 is 1.33 bits per heavy atom. The van der Waals surface area contributed by atoms with Gasteiger partial charge in [-0.25, -0.2) is 0 Å². The fourth-order valence-corrected chi connectivity index (χ4v) is 1.99. The number of likely N-dealkylation sites (tertiary alicyclic amines) is 1. The van der Waals surface area contributed by atoms with Gasteiger partial charge in [0.15, 0.2) is 0 Å². The van der Waals surface area contributed by atoms with Gasteiger partial charge in [-0.3, -0.25) is 0 Å². The van der Waals surface area contributed by atoms with Gasteiger partial charge in [0.2, 0.25) is 0 Å². The summed E-state index contributed by atoms with van der Waals surface area (Å²) in [5.74, 6) is 0. The molecule has 0 saturated carbocycles. The van der Waals surface area contributed by atoms with Gasteiger partial charge >= 0.3 is 0 Å². The summed E-state index contributed by atoms with van der Waals surface area (Å²) in [4.78, 5) is 0. The normalized spacial score (nSPS) is 20.5. The molecule has 0 amide bonds. The molecule has 4 heteroatoms. The largest absolute Gasteiger partial charge is 1.00 e. The minimum absolute atomic E-state index is 0. The maximum atomic E-state index is 8.82. The Balaban J connectivity index is 0.00000121. The minimum atomic E-state index is 0. The molecule has 0 aromatic rings. The molecule has 0 atom stereocenters. The van der Waals surface area contributed by atoms with Crippen molar-refractivity contribution in [1.29, 1.82) is 0 Å². The maximum Gasteiger partial charge on any atom is 0.102 e. The number of aliphatic hydroxyl groups is 2. The predicted molar refractivity (Wildman–Crippen MR) is 43.1 cm³/mol. The van der Waals surface area contributed by atoms with E-state index in [0.717, 1.165) is 30.7 Å². The van der Waals surface area contributed by atoms with Gasteiger partial charge in [-0.15, -0.1) is 0 Å². The molecule has 0 radical (unpaired) electrons. The van der Waals surface area contributed by atoms with E-state index in [1.54, 1.807) is 0 Å². The third kappa shape index (κ3) is 3.01. The van der Waals surface area contributed by atoms with E-state index in [2.05, 4.69) is 0 Å². The van der Waals surface area contributed by atoms with Crippen molar-refractivity contribution in [2.75, 3.05) is 39.4 Å². The highest BCUT2D eigenvalue weighted by Gasteiger charge is 2.30. The van der Waals surface area contributed by atoms with E-state index in [1.165, 1.54) is 12.8 Å². The van der Waals surface area contributed by atoms with Crippen LogP contribution in [0.25, 0.3) is 0 Å². The number of hydrogen-bond acceptors (Lipinski definition) is 2. The van der Waals surface area contributed by atoms with Crippen molar-refractivity contribution in [3.63, 3.8) is 0 Å². The number of aliphatic hydroxyl groups excluding tert-OH is 2. The molecule has 1 heterocycles. The average molecular weight is 240 g/mol. The molecule has 0 unspecified atom stereocenters. The smallest absolute Gasteiger partial charge is 0.102 e. The Morgan fingerprint density at radius 3 is 1.67 bits per heavy atom. The zero-order chi connectivity index (χ0) is 8.16. The van der Waals surface area contributed by atoms with Crippen LogP contribution in [0.2, 0.25) is 0 Å². The summed E-state index contributed by atoms with van der Waals surface area (Å²) in [5.41, 5.74) is 0. The van der Waals surface area contributed by atoms with E-state index in [-0.39, 0.29) is 30.2 Å². The van der Waals surface area contributed by atoms with Crippen LogP contribution in [0, 0.1) is 0 Å². The second-order valence-electron chi connectivity index (χ2n) is 3.39. The van der Waals surface area contributed by atoms with Crippen LogP contribution in [0.15, 0.2) is 0 Å². The lowest BCUT2D eigenvalue weighted by atomic mass is 10.4. The topological polar surface area (TPSA) is 40.5 Å². The van der Waals surface area contributed by atoms with Crippen molar-refractivity contribution in [2.45, 2.75) is 12.8 Å². The Hall–Kier alpha value is 0.360. The lowest BCUT2D eigenvalue weighted by Gasteiger charge is -2.32. The number of halogens is 1. The van der Waals surface area contributed by atoms with Gasteiger partial charge in [0.05, 0.1) is 26.3 Å². The lowest BCUT2D eigenvalue weighted by molar-refractivity contribution is -0.917. The summed E-state index contributed by atoms with van der Waals surface area (Å²) in [6.45, 7) is 4.42. The second-order valence-corrected chi connectivity index (χ2v) is 3.39. The molecule has 1 aliphatic rings. The number of hydrogen-bond donors (Lipinski definition) is 2. The standard InChI is InChI=1S/C8H18NO2.BrH/c10-7-5-9(6-8-11)3-1-2-4-9;/h10-11H,1-8H2;1H/q+1;/p-1. The highest BCUT2D eigenvalue weighted by molar-refractivity contribution is 4.54. The Bertz CT molecular complexity index is 108. The quantitative estimate of drug-likeness (QED) is 0.503. The molecule has 0 aromatic heterocycles. The molecule has 3 nitrogen and oxygen atoms in total. The monoisotopic (exact) mass is 239 g/mol. The van der Waals surface area contributed by atoms with Crippen LogP contribution >= 0.6 is 0 Å². The van der Waals surface area contributed by atoms with Gasteiger partial charge in [-0.2, -0.15) is 0 Å². The van der Waals surface area contributed by atoms with Crippen LogP contribution in [0.4, 0.5) is 0 Å². The van der Waals surface area contributed by atoms with E-state index in [1.807, 2.05) is 0 Å². The molecule has 12 heavy (non-hydrogen) atoms. The van der Waals surface area contributed by atoms with E-state index < -0.39 is 0 Å². The Labute approximate surface area is 84.4 Å². The molecule has 2 N–H and O–H groups in total. The Morgan fingerprint density at radius 1 is 0.917 bits per heavy atom. The zero-order valence-corrected chi connectivity index (χ0v) is 8.96. The van der Waals surface area contributed by atoms with Crippen LogP contribution in [0.5, 0.6) is 0 Å². The summed E-state index contributed by atoms with van der Waals surface area (Å²) in [6.07, 6.45) is 2.50. The van der Waals surface area contributed by atoms with Gasteiger partial charge in [-0.05, 0) is 0 Å². The van der Waals surface area contributed by atoms with E-state index in [0.29, 0.717) is 0 Å². The second kappa shape index (κ2) is 5.91. The first-order chi connectivity index (χ1) is 5.33. The van der Waals surface area contributed by atoms with Crippen molar-refractivity contribution in [1.82, 2.24) is 0 Å². The predicted octanol–water partition coefficient (Wildman–Crippen LogP) is -3.41. The highest BCUT2D eigenvalue weighted by Crippen LogP contribution is 2.17. The molecule has 0 aromatic carbocycles.